The molecule has 0 bridgehead atoms. The van der Waals surface area contributed by atoms with Gasteiger partial charge in [0.05, 0.1) is 16.3 Å². The highest BCUT2D eigenvalue weighted by Gasteiger charge is 2.21. The number of piperazine rings is 1. The fourth-order valence-electron chi connectivity index (χ4n) is 2.92. The molecule has 0 saturated carbocycles. The van der Waals surface area contributed by atoms with E-state index in [1.54, 1.807) is 6.07 Å². The lowest BCUT2D eigenvalue weighted by molar-refractivity contribution is -0.384. The van der Waals surface area contributed by atoms with Crippen LogP contribution < -0.4 is 16.0 Å². The first-order valence-corrected chi connectivity index (χ1v) is 8.66. The molecule has 3 N–H and O–H groups in total. The highest BCUT2D eigenvalue weighted by molar-refractivity contribution is 6.32. The fourth-order valence-corrected chi connectivity index (χ4v) is 3.05. The number of non-ortho nitro benzene ring substituents is 1. The molecule has 1 fully saturated rings. The van der Waals surface area contributed by atoms with Crippen molar-refractivity contribution in [2.75, 3.05) is 48.7 Å². The molecule has 26 heavy (non-hydrogen) atoms. The first kappa shape index (κ1) is 18.2. The number of anilines is 4. The third kappa shape index (κ3) is 3.78. The van der Waals surface area contributed by atoms with Gasteiger partial charge in [-0.05, 0) is 12.6 Å². The van der Waals surface area contributed by atoms with Gasteiger partial charge in [0.1, 0.15) is 12.0 Å². The van der Waals surface area contributed by atoms with Crippen molar-refractivity contribution in [1.82, 2.24) is 14.9 Å². The SMILES string of the molecule is CCN1CCN(c2ccc([N+](=O)[O-])cc2Nc2ncnc(Cl)c2N)CC1. The van der Waals surface area contributed by atoms with E-state index in [1.807, 2.05) is 0 Å². The van der Waals surface area contributed by atoms with E-state index in [4.69, 9.17) is 17.3 Å². The second-order valence-electron chi connectivity index (χ2n) is 5.93. The molecule has 0 aliphatic carbocycles. The first-order chi connectivity index (χ1) is 12.5. The molecule has 0 unspecified atom stereocenters. The average molecular weight is 378 g/mol. The summed E-state index contributed by atoms with van der Waals surface area (Å²) in [5.41, 5.74) is 7.53. The molecule has 2 aromatic rings. The largest absolute Gasteiger partial charge is 0.393 e. The lowest BCUT2D eigenvalue weighted by Crippen LogP contribution is -2.46. The van der Waals surface area contributed by atoms with Gasteiger partial charge in [0.2, 0.25) is 0 Å². The van der Waals surface area contributed by atoms with Crippen LogP contribution in [0.15, 0.2) is 24.5 Å². The van der Waals surface area contributed by atoms with E-state index in [0.29, 0.717) is 11.5 Å². The van der Waals surface area contributed by atoms with Gasteiger partial charge in [0.15, 0.2) is 11.0 Å². The number of nitrogens with two attached hydrogens (primary N) is 1. The number of likely N-dealkylation sites (N-methyl/N-ethyl adjacent to an activating group) is 1. The molecule has 1 saturated heterocycles. The molecule has 0 atom stereocenters. The zero-order chi connectivity index (χ0) is 18.7. The number of nitro benzene ring substituents is 1. The number of halogens is 1. The van der Waals surface area contributed by atoms with Crippen molar-refractivity contribution in [1.29, 1.82) is 0 Å². The molecular weight excluding hydrogens is 358 g/mol. The summed E-state index contributed by atoms with van der Waals surface area (Å²) < 4.78 is 0. The van der Waals surface area contributed by atoms with E-state index in [2.05, 4.69) is 32.0 Å². The molecule has 2 heterocycles. The standard InChI is InChI=1S/C16H20ClN7O2/c1-2-22-5-7-23(8-6-22)13-4-3-11(24(25)26)9-12(13)21-16-14(18)15(17)19-10-20-16/h3-4,9-10H,2,5-8,18H2,1H3,(H,19,20,21). The lowest BCUT2D eigenvalue weighted by Gasteiger charge is -2.36. The molecule has 0 spiro atoms. The number of nitrogens with one attached hydrogen (secondary N) is 1. The number of nitrogens with zero attached hydrogens (tertiary/aromatic N) is 5. The quantitative estimate of drug-likeness (QED) is 0.464. The van der Waals surface area contributed by atoms with Gasteiger partial charge in [0, 0.05) is 38.3 Å². The summed E-state index contributed by atoms with van der Waals surface area (Å²) in [6.07, 6.45) is 1.29. The second-order valence-corrected chi connectivity index (χ2v) is 6.29. The van der Waals surface area contributed by atoms with Crippen molar-refractivity contribution in [3.05, 3.63) is 39.8 Å². The maximum absolute atomic E-state index is 11.2. The minimum Gasteiger partial charge on any atom is -0.393 e. The van der Waals surface area contributed by atoms with E-state index < -0.39 is 4.92 Å². The van der Waals surface area contributed by atoms with E-state index in [-0.39, 0.29) is 16.5 Å². The second kappa shape index (κ2) is 7.71. The van der Waals surface area contributed by atoms with Crippen molar-refractivity contribution in [2.24, 2.45) is 0 Å². The third-order valence-corrected chi connectivity index (χ3v) is 4.74. The molecule has 1 aromatic heterocycles. The Morgan fingerprint density at radius 2 is 2.04 bits per heavy atom. The van der Waals surface area contributed by atoms with Gasteiger partial charge in [-0.25, -0.2) is 9.97 Å². The van der Waals surface area contributed by atoms with Gasteiger partial charge in [-0.15, -0.1) is 0 Å². The van der Waals surface area contributed by atoms with E-state index in [0.717, 1.165) is 38.4 Å². The molecule has 9 nitrogen and oxygen atoms in total. The Morgan fingerprint density at radius 1 is 1.31 bits per heavy atom. The van der Waals surface area contributed by atoms with Gasteiger partial charge in [0.25, 0.3) is 5.69 Å². The number of hydrogen-bond acceptors (Lipinski definition) is 8. The molecule has 138 valence electrons. The molecule has 1 aliphatic heterocycles. The molecular formula is C16H20ClN7O2. The molecule has 0 amide bonds. The molecule has 1 aliphatic rings. The van der Waals surface area contributed by atoms with Crippen LogP contribution >= 0.6 is 11.6 Å². The summed E-state index contributed by atoms with van der Waals surface area (Å²) in [7, 11) is 0. The summed E-state index contributed by atoms with van der Waals surface area (Å²) in [5.74, 6) is 0.318. The maximum atomic E-state index is 11.2. The lowest BCUT2D eigenvalue weighted by atomic mass is 10.2. The monoisotopic (exact) mass is 377 g/mol. The summed E-state index contributed by atoms with van der Waals surface area (Å²) in [5, 5.41) is 14.4. The van der Waals surface area contributed by atoms with Crippen LogP contribution in [0.1, 0.15) is 6.92 Å². The predicted octanol–water partition coefficient (Wildman–Crippen LogP) is 2.51. The van der Waals surface area contributed by atoms with Gasteiger partial charge in [-0.3, -0.25) is 10.1 Å². The summed E-state index contributed by atoms with van der Waals surface area (Å²) in [4.78, 5) is 23.2. The highest BCUT2D eigenvalue weighted by Crippen LogP contribution is 2.34. The van der Waals surface area contributed by atoms with Crippen molar-refractivity contribution in [2.45, 2.75) is 6.92 Å². The Hall–Kier alpha value is -2.65. The van der Waals surface area contributed by atoms with Crippen LogP contribution in [0.5, 0.6) is 0 Å². The zero-order valence-corrected chi connectivity index (χ0v) is 15.1. The predicted molar refractivity (Wildman–Crippen MR) is 102 cm³/mol. The van der Waals surface area contributed by atoms with Gasteiger partial charge in [-0.1, -0.05) is 18.5 Å². The number of rotatable bonds is 5. The van der Waals surface area contributed by atoms with Crippen LogP contribution in [0.2, 0.25) is 5.15 Å². The topological polar surface area (TPSA) is 113 Å². The van der Waals surface area contributed by atoms with Crippen molar-refractivity contribution < 1.29 is 4.92 Å². The Morgan fingerprint density at radius 3 is 2.69 bits per heavy atom. The normalized spacial score (nSPS) is 15.1. The van der Waals surface area contributed by atoms with Crippen molar-refractivity contribution in [3.63, 3.8) is 0 Å². The smallest absolute Gasteiger partial charge is 0.271 e. The maximum Gasteiger partial charge on any atom is 0.271 e. The van der Waals surface area contributed by atoms with Crippen LogP contribution in [-0.4, -0.2) is 52.5 Å². The summed E-state index contributed by atoms with van der Waals surface area (Å²) in [6.45, 7) is 6.69. The average Bonchev–Trinajstić information content (AvgIpc) is 2.65. The van der Waals surface area contributed by atoms with E-state index in [1.165, 1.54) is 18.5 Å². The summed E-state index contributed by atoms with van der Waals surface area (Å²) in [6, 6.07) is 4.74. The minimum absolute atomic E-state index is 0.0119. The van der Waals surface area contributed by atoms with Crippen LogP contribution in [0.3, 0.4) is 0 Å². The molecule has 1 aromatic carbocycles. The van der Waals surface area contributed by atoms with Crippen molar-refractivity contribution in [3.8, 4) is 0 Å². The zero-order valence-electron chi connectivity index (χ0n) is 14.4. The van der Waals surface area contributed by atoms with Crippen LogP contribution in [-0.2, 0) is 0 Å². The Balaban J connectivity index is 1.94. The number of hydrogen-bond donors (Lipinski definition) is 2. The van der Waals surface area contributed by atoms with Crippen LogP contribution in [0, 0.1) is 10.1 Å². The first-order valence-electron chi connectivity index (χ1n) is 8.28. The van der Waals surface area contributed by atoms with E-state index in [9.17, 15) is 10.1 Å². The molecule has 3 rings (SSSR count). The number of aromatic nitrogens is 2. The number of benzene rings is 1. The number of nitrogen functional groups attached to an aromatic ring is 1. The highest BCUT2D eigenvalue weighted by atomic mass is 35.5. The Kier molecular flexibility index (Phi) is 5.38. The van der Waals surface area contributed by atoms with Gasteiger partial charge in [-0.2, -0.15) is 0 Å². The van der Waals surface area contributed by atoms with Crippen LogP contribution in [0.4, 0.5) is 28.6 Å². The Labute approximate surface area is 155 Å². The number of nitro groups is 1. The summed E-state index contributed by atoms with van der Waals surface area (Å²) >= 11 is 5.94. The van der Waals surface area contributed by atoms with Crippen LogP contribution in [0.25, 0.3) is 0 Å². The Bertz CT molecular complexity index is 809. The van der Waals surface area contributed by atoms with Gasteiger partial charge < -0.3 is 20.9 Å². The van der Waals surface area contributed by atoms with E-state index >= 15 is 0 Å². The fraction of sp³-hybridized carbons (Fsp3) is 0.375. The molecule has 10 heteroatoms. The minimum atomic E-state index is -0.430. The molecule has 0 radical (unpaired) electrons. The third-order valence-electron chi connectivity index (χ3n) is 4.44. The van der Waals surface area contributed by atoms with Crippen molar-refractivity contribution >= 4 is 40.2 Å². The van der Waals surface area contributed by atoms with Gasteiger partial charge >= 0.3 is 0 Å².